The van der Waals surface area contributed by atoms with Crippen LogP contribution in [0.4, 0.5) is 5.69 Å². The van der Waals surface area contributed by atoms with Crippen LogP contribution in [0.5, 0.6) is 0 Å². The highest BCUT2D eigenvalue weighted by atomic mass is 15.0. The van der Waals surface area contributed by atoms with E-state index in [1.807, 2.05) is 18.2 Å². The standard InChI is InChI=1S/C38H25N3/c1-3-25-19-27-11-9-15-32(37(27)35(22-25)28-20-26(24-39)21-29(23-28)40-2)34-17-10-16-33-31-14-7-8-18-36(31)41(38(33)34)30-12-5-4-6-13-30/h4-23H,3H2,1H3. The zero-order chi connectivity index (χ0) is 27.9. The Bertz CT molecular complexity index is 2170. The molecule has 0 radical (unpaired) electrons. The smallest absolute Gasteiger partial charge is 0.189 e. The summed E-state index contributed by atoms with van der Waals surface area (Å²) < 4.78 is 2.37. The van der Waals surface area contributed by atoms with Gasteiger partial charge in [-0.15, -0.1) is 0 Å². The number of benzene rings is 6. The molecule has 3 nitrogen and oxygen atoms in total. The summed E-state index contributed by atoms with van der Waals surface area (Å²) in [5.74, 6) is 0. The van der Waals surface area contributed by atoms with E-state index in [1.54, 1.807) is 6.07 Å². The maximum absolute atomic E-state index is 9.75. The summed E-state index contributed by atoms with van der Waals surface area (Å²) in [5, 5.41) is 14.4. The Kier molecular flexibility index (Phi) is 5.85. The summed E-state index contributed by atoms with van der Waals surface area (Å²) in [4.78, 5) is 3.67. The number of fused-ring (bicyclic) bond motifs is 4. The van der Waals surface area contributed by atoms with Gasteiger partial charge in [-0.05, 0) is 75.8 Å². The maximum atomic E-state index is 9.75. The molecule has 0 aliphatic carbocycles. The average molecular weight is 524 g/mol. The fourth-order valence-corrected chi connectivity index (χ4v) is 6.12. The molecule has 0 saturated heterocycles. The average Bonchev–Trinajstić information content (AvgIpc) is 3.38. The number of aryl methyl sites for hydroxylation is 1. The van der Waals surface area contributed by atoms with Crippen molar-refractivity contribution >= 4 is 38.3 Å². The van der Waals surface area contributed by atoms with Crippen molar-refractivity contribution in [3.8, 4) is 34.0 Å². The molecule has 192 valence electrons. The van der Waals surface area contributed by atoms with Gasteiger partial charge in [0.2, 0.25) is 0 Å². The van der Waals surface area contributed by atoms with Gasteiger partial charge >= 0.3 is 0 Å². The summed E-state index contributed by atoms with van der Waals surface area (Å²) in [6.07, 6.45) is 0.888. The zero-order valence-electron chi connectivity index (χ0n) is 22.6. The van der Waals surface area contributed by atoms with E-state index in [1.165, 1.54) is 21.9 Å². The summed E-state index contributed by atoms with van der Waals surface area (Å²) in [7, 11) is 0. The predicted molar refractivity (Wildman–Crippen MR) is 170 cm³/mol. The Hall–Kier alpha value is -5.64. The van der Waals surface area contributed by atoms with Gasteiger partial charge in [0.1, 0.15) is 0 Å². The van der Waals surface area contributed by atoms with Gasteiger partial charge in [-0.1, -0.05) is 91.9 Å². The van der Waals surface area contributed by atoms with E-state index in [2.05, 4.69) is 119 Å². The summed E-state index contributed by atoms with van der Waals surface area (Å²) in [6.45, 7) is 9.81. The molecule has 0 unspecified atom stereocenters. The molecule has 0 saturated carbocycles. The predicted octanol–water partition coefficient (Wildman–Crippen LogP) is 10.3. The van der Waals surface area contributed by atoms with Crippen molar-refractivity contribution in [3.05, 3.63) is 144 Å². The van der Waals surface area contributed by atoms with Gasteiger partial charge in [0.05, 0.1) is 23.7 Å². The van der Waals surface area contributed by atoms with Crippen LogP contribution >= 0.6 is 0 Å². The van der Waals surface area contributed by atoms with Crippen molar-refractivity contribution in [2.75, 3.05) is 0 Å². The molecule has 0 atom stereocenters. The molecule has 0 aliphatic heterocycles. The van der Waals surface area contributed by atoms with E-state index in [0.717, 1.165) is 50.7 Å². The molecule has 0 N–H and O–H groups in total. The van der Waals surface area contributed by atoms with Gasteiger partial charge in [0, 0.05) is 27.6 Å². The van der Waals surface area contributed by atoms with Crippen LogP contribution in [-0.2, 0) is 6.42 Å². The number of aromatic nitrogens is 1. The lowest BCUT2D eigenvalue weighted by Crippen LogP contribution is -1.96. The highest BCUT2D eigenvalue weighted by Gasteiger charge is 2.19. The lowest BCUT2D eigenvalue weighted by molar-refractivity contribution is 1.15. The minimum atomic E-state index is 0.470. The molecule has 6 aromatic carbocycles. The van der Waals surface area contributed by atoms with Crippen molar-refractivity contribution in [3.63, 3.8) is 0 Å². The van der Waals surface area contributed by atoms with E-state index in [0.29, 0.717) is 11.3 Å². The molecule has 0 bridgehead atoms. The minimum absolute atomic E-state index is 0.470. The fourth-order valence-electron chi connectivity index (χ4n) is 6.12. The number of hydrogen-bond donors (Lipinski definition) is 0. The monoisotopic (exact) mass is 523 g/mol. The van der Waals surface area contributed by atoms with Gasteiger partial charge in [0.25, 0.3) is 0 Å². The van der Waals surface area contributed by atoms with Crippen molar-refractivity contribution in [1.29, 1.82) is 5.26 Å². The quantitative estimate of drug-likeness (QED) is 0.211. The topological polar surface area (TPSA) is 33.1 Å². The highest BCUT2D eigenvalue weighted by Crippen LogP contribution is 2.43. The number of rotatable bonds is 4. The molecule has 41 heavy (non-hydrogen) atoms. The first kappa shape index (κ1) is 24.4. The lowest BCUT2D eigenvalue weighted by Gasteiger charge is -2.17. The molecule has 7 rings (SSSR count). The third kappa shape index (κ3) is 3.96. The van der Waals surface area contributed by atoms with Crippen LogP contribution in [0.15, 0.2) is 121 Å². The normalized spacial score (nSPS) is 11.1. The van der Waals surface area contributed by atoms with Crippen LogP contribution in [0.2, 0.25) is 0 Å². The summed E-state index contributed by atoms with van der Waals surface area (Å²) >= 11 is 0. The largest absolute Gasteiger partial charge is 0.309 e. The summed E-state index contributed by atoms with van der Waals surface area (Å²) in [5.41, 5.74) is 9.80. The van der Waals surface area contributed by atoms with Crippen molar-refractivity contribution in [1.82, 2.24) is 4.57 Å². The van der Waals surface area contributed by atoms with E-state index in [4.69, 9.17) is 6.57 Å². The minimum Gasteiger partial charge on any atom is -0.309 e. The number of para-hydroxylation sites is 3. The van der Waals surface area contributed by atoms with Gasteiger partial charge in [-0.3, -0.25) is 0 Å². The van der Waals surface area contributed by atoms with Crippen LogP contribution in [0.3, 0.4) is 0 Å². The van der Waals surface area contributed by atoms with Crippen LogP contribution in [0.1, 0.15) is 18.1 Å². The second-order valence-corrected chi connectivity index (χ2v) is 10.3. The SMILES string of the molecule is [C-]#[N+]c1cc(C#N)cc(-c2cc(CC)cc3cccc(-c4cccc5c6ccccc6n(-c6ccccc6)c45)c23)c1. The first-order valence-electron chi connectivity index (χ1n) is 13.8. The van der Waals surface area contributed by atoms with Crippen LogP contribution < -0.4 is 0 Å². The second kappa shape index (κ2) is 9.83. The molecule has 3 heteroatoms. The van der Waals surface area contributed by atoms with Crippen LogP contribution in [0.25, 0.3) is 65.4 Å². The number of nitrogens with zero attached hydrogens (tertiary/aromatic N) is 3. The van der Waals surface area contributed by atoms with Crippen molar-refractivity contribution < 1.29 is 0 Å². The molecule has 0 spiro atoms. The lowest BCUT2D eigenvalue weighted by atomic mass is 9.88. The molecular weight excluding hydrogens is 498 g/mol. The van der Waals surface area contributed by atoms with Gasteiger partial charge in [0.15, 0.2) is 5.69 Å². The van der Waals surface area contributed by atoms with Crippen LogP contribution in [-0.4, -0.2) is 4.57 Å². The fraction of sp³-hybridized carbons (Fsp3) is 0.0526. The van der Waals surface area contributed by atoms with Gasteiger partial charge < -0.3 is 4.57 Å². The van der Waals surface area contributed by atoms with E-state index >= 15 is 0 Å². The Balaban J connectivity index is 1.64. The van der Waals surface area contributed by atoms with E-state index < -0.39 is 0 Å². The van der Waals surface area contributed by atoms with Crippen molar-refractivity contribution in [2.24, 2.45) is 0 Å². The third-order valence-corrected chi connectivity index (χ3v) is 7.93. The van der Waals surface area contributed by atoms with Gasteiger partial charge in [-0.25, -0.2) is 4.85 Å². The van der Waals surface area contributed by atoms with Crippen molar-refractivity contribution in [2.45, 2.75) is 13.3 Å². The summed E-state index contributed by atoms with van der Waals surface area (Å²) in [6, 6.07) is 44.4. The Morgan fingerprint density at radius 3 is 2.29 bits per heavy atom. The molecule has 0 fully saturated rings. The Morgan fingerprint density at radius 1 is 0.732 bits per heavy atom. The molecule has 0 amide bonds. The Morgan fingerprint density at radius 2 is 1.49 bits per heavy atom. The number of hydrogen-bond acceptors (Lipinski definition) is 1. The third-order valence-electron chi connectivity index (χ3n) is 7.93. The molecule has 7 aromatic rings. The Labute approximate surface area is 239 Å². The first-order valence-corrected chi connectivity index (χ1v) is 13.8. The zero-order valence-corrected chi connectivity index (χ0v) is 22.6. The molecule has 0 aliphatic rings. The molecular formula is C38H25N3. The first-order chi connectivity index (χ1) is 20.2. The highest BCUT2D eigenvalue weighted by molar-refractivity contribution is 6.17. The maximum Gasteiger partial charge on any atom is 0.189 e. The van der Waals surface area contributed by atoms with Crippen LogP contribution in [0, 0.1) is 17.9 Å². The van der Waals surface area contributed by atoms with E-state index in [-0.39, 0.29) is 0 Å². The van der Waals surface area contributed by atoms with E-state index in [9.17, 15) is 5.26 Å². The molecule has 1 heterocycles. The molecule has 1 aromatic heterocycles. The van der Waals surface area contributed by atoms with Gasteiger partial charge in [-0.2, -0.15) is 5.26 Å². The second-order valence-electron chi connectivity index (χ2n) is 10.3. The number of nitriles is 1.